The van der Waals surface area contributed by atoms with Gasteiger partial charge >= 0.3 is 0 Å². The number of amides is 1. The van der Waals surface area contributed by atoms with Gasteiger partial charge in [-0.3, -0.25) is 4.79 Å². The zero-order valence-electron chi connectivity index (χ0n) is 15.7. The predicted octanol–water partition coefficient (Wildman–Crippen LogP) is 5.08. The maximum atomic E-state index is 12.5. The topological polar surface area (TPSA) is 50.4 Å². The summed E-state index contributed by atoms with van der Waals surface area (Å²) in [7, 11) is 0. The lowest BCUT2D eigenvalue weighted by Gasteiger charge is -2.26. The van der Waals surface area contributed by atoms with Crippen molar-refractivity contribution >= 4 is 11.6 Å². The molecule has 0 bridgehead atoms. The maximum Gasteiger partial charge on any atom is 0.238 e. The second-order valence-corrected chi connectivity index (χ2v) is 6.98. The Hall–Kier alpha value is -3.11. The van der Waals surface area contributed by atoms with Gasteiger partial charge in [-0.2, -0.15) is 0 Å². The summed E-state index contributed by atoms with van der Waals surface area (Å²) < 4.78 is 5.92. The monoisotopic (exact) mass is 372 g/mol. The van der Waals surface area contributed by atoms with E-state index in [9.17, 15) is 4.79 Å². The van der Waals surface area contributed by atoms with Crippen molar-refractivity contribution in [3.05, 3.63) is 90.0 Å². The van der Waals surface area contributed by atoms with Gasteiger partial charge in [-0.1, -0.05) is 54.6 Å². The molecule has 2 N–H and O–H groups in total. The molecule has 0 saturated carbocycles. The number of ether oxygens (including phenoxy) is 1. The van der Waals surface area contributed by atoms with Crippen molar-refractivity contribution in [3.8, 4) is 11.5 Å². The van der Waals surface area contributed by atoms with E-state index in [1.807, 2.05) is 54.6 Å². The fourth-order valence-electron chi connectivity index (χ4n) is 3.65. The van der Waals surface area contributed by atoms with Crippen LogP contribution in [0, 0.1) is 0 Å². The summed E-state index contributed by atoms with van der Waals surface area (Å²) >= 11 is 0. The lowest BCUT2D eigenvalue weighted by atomic mass is 9.88. The standard InChI is InChI=1S/C24H24N2O2/c27-24(17-25-21-15-8-10-18-9-4-5-13-20(18)21)26-22-14-6-7-16-23(22)28-19-11-2-1-3-12-19/h1-7,9,11-14,16,21,25H,8,10,15,17H2,(H,26,27). The minimum atomic E-state index is -0.0767. The molecular weight excluding hydrogens is 348 g/mol. The summed E-state index contributed by atoms with van der Waals surface area (Å²) in [6.45, 7) is 0.263. The highest BCUT2D eigenvalue weighted by Crippen LogP contribution is 2.30. The van der Waals surface area contributed by atoms with E-state index in [1.165, 1.54) is 11.1 Å². The third-order valence-electron chi connectivity index (χ3n) is 5.01. The number of nitrogens with one attached hydrogen (secondary N) is 2. The Labute approximate surface area is 165 Å². The first kappa shape index (κ1) is 18.3. The van der Waals surface area contributed by atoms with Gasteiger partial charge < -0.3 is 15.4 Å². The molecule has 0 saturated heterocycles. The average Bonchev–Trinajstić information content (AvgIpc) is 2.74. The average molecular weight is 372 g/mol. The van der Waals surface area contributed by atoms with E-state index < -0.39 is 0 Å². The fourth-order valence-corrected chi connectivity index (χ4v) is 3.65. The highest BCUT2D eigenvalue weighted by molar-refractivity contribution is 5.93. The molecule has 3 aromatic rings. The van der Waals surface area contributed by atoms with Crippen molar-refractivity contribution < 1.29 is 9.53 Å². The molecule has 0 aromatic heterocycles. The van der Waals surface area contributed by atoms with E-state index in [4.69, 9.17) is 4.74 Å². The summed E-state index contributed by atoms with van der Waals surface area (Å²) in [5, 5.41) is 6.38. The van der Waals surface area contributed by atoms with Gasteiger partial charge in [0.05, 0.1) is 12.2 Å². The molecule has 0 aliphatic heterocycles. The Morgan fingerprint density at radius 1 is 0.929 bits per heavy atom. The highest BCUT2D eigenvalue weighted by atomic mass is 16.5. The summed E-state index contributed by atoms with van der Waals surface area (Å²) in [6.07, 6.45) is 3.31. The van der Waals surface area contributed by atoms with Crippen LogP contribution in [-0.4, -0.2) is 12.5 Å². The van der Waals surface area contributed by atoms with Gasteiger partial charge in [0.1, 0.15) is 5.75 Å². The number of carbonyl (C=O) groups excluding carboxylic acids is 1. The van der Waals surface area contributed by atoms with Crippen molar-refractivity contribution in [3.63, 3.8) is 0 Å². The third-order valence-corrected chi connectivity index (χ3v) is 5.01. The van der Waals surface area contributed by atoms with E-state index in [1.54, 1.807) is 0 Å². The van der Waals surface area contributed by atoms with Crippen molar-refractivity contribution in [1.29, 1.82) is 0 Å². The van der Waals surface area contributed by atoms with Gasteiger partial charge in [0.15, 0.2) is 5.75 Å². The Balaban J connectivity index is 1.39. The second kappa shape index (κ2) is 8.72. The summed E-state index contributed by atoms with van der Waals surface area (Å²) in [4.78, 5) is 12.5. The predicted molar refractivity (Wildman–Crippen MR) is 112 cm³/mol. The number of fused-ring (bicyclic) bond motifs is 1. The maximum absolute atomic E-state index is 12.5. The number of rotatable bonds is 6. The molecule has 4 heteroatoms. The van der Waals surface area contributed by atoms with E-state index >= 15 is 0 Å². The molecule has 1 aliphatic rings. The lowest BCUT2D eigenvalue weighted by molar-refractivity contribution is -0.115. The molecular formula is C24H24N2O2. The van der Waals surface area contributed by atoms with Gasteiger partial charge in [-0.05, 0) is 54.7 Å². The first-order valence-corrected chi connectivity index (χ1v) is 9.72. The lowest BCUT2D eigenvalue weighted by Crippen LogP contribution is -2.33. The zero-order valence-corrected chi connectivity index (χ0v) is 15.7. The van der Waals surface area contributed by atoms with Crippen LogP contribution in [0.5, 0.6) is 11.5 Å². The van der Waals surface area contributed by atoms with Crippen molar-refractivity contribution in [1.82, 2.24) is 5.32 Å². The van der Waals surface area contributed by atoms with Crippen LogP contribution in [0.25, 0.3) is 0 Å². The molecule has 0 heterocycles. The molecule has 1 atom stereocenters. The molecule has 1 unspecified atom stereocenters. The SMILES string of the molecule is O=C(CNC1CCCc2ccccc21)Nc1ccccc1Oc1ccccc1. The van der Waals surface area contributed by atoms with Crippen molar-refractivity contribution in [2.24, 2.45) is 0 Å². The molecule has 0 fully saturated rings. The minimum absolute atomic E-state index is 0.0767. The van der Waals surface area contributed by atoms with E-state index in [0.717, 1.165) is 25.0 Å². The Morgan fingerprint density at radius 2 is 1.68 bits per heavy atom. The van der Waals surface area contributed by atoms with E-state index in [-0.39, 0.29) is 18.5 Å². The fraction of sp³-hybridized carbons (Fsp3) is 0.208. The zero-order chi connectivity index (χ0) is 19.2. The number of anilines is 1. The molecule has 1 amide bonds. The Morgan fingerprint density at radius 3 is 2.57 bits per heavy atom. The summed E-state index contributed by atoms with van der Waals surface area (Å²) in [5.74, 6) is 1.29. The van der Waals surface area contributed by atoms with Gasteiger partial charge in [-0.15, -0.1) is 0 Å². The summed E-state index contributed by atoms with van der Waals surface area (Å²) in [5.41, 5.74) is 3.37. The van der Waals surface area contributed by atoms with Crippen molar-refractivity contribution in [2.45, 2.75) is 25.3 Å². The molecule has 1 aliphatic carbocycles. The third kappa shape index (κ3) is 4.41. The first-order valence-electron chi connectivity index (χ1n) is 9.72. The summed E-state index contributed by atoms with van der Waals surface area (Å²) in [6, 6.07) is 25.8. The number of para-hydroxylation sites is 3. The van der Waals surface area contributed by atoms with Crippen LogP contribution in [0.4, 0.5) is 5.69 Å². The molecule has 0 spiro atoms. The van der Waals surface area contributed by atoms with Crippen LogP contribution in [0.2, 0.25) is 0 Å². The Bertz CT molecular complexity index is 940. The minimum Gasteiger partial charge on any atom is -0.455 e. The van der Waals surface area contributed by atoms with E-state index in [2.05, 4.69) is 34.9 Å². The number of hydrogen-bond acceptors (Lipinski definition) is 3. The first-order chi connectivity index (χ1) is 13.8. The highest BCUT2D eigenvalue weighted by Gasteiger charge is 2.20. The molecule has 4 rings (SSSR count). The van der Waals surface area contributed by atoms with E-state index in [0.29, 0.717) is 11.4 Å². The van der Waals surface area contributed by atoms with Crippen LogP contribution in [0.1, 0.15) is 30.0 Å². The van der Waals surface area contributed by atoms with Crippen LogP contribution >= 0.6 is 0 Å². The number of aryl methyl sites for hydroxylation is 1. The largest absolute Gasteiger partial charge is 0.455 e. The van der Waals surface area contributed by atoms with Gasteiger partial charge in [0.25, 0.3) is 0 Å². The van der Waals surface area contributed by atoms with Crippen LogP contribution in [0.15, 0.2) is 78.9 Å². The van der Waals surface area contributed by atoms with Crippen LogP contribution < -0.4 is 15.4 Å². The molecule has 3 aromatic carbocycles. The molecule has 28 heavy (non-hydrogen) atoms. The number of benzene rings is 3. The molecule has 4 nitrogen and oxygen atoms in total. The Kier molecular flexibility index (Phi) is 5.69. The van der Waals surface area contributed by atoms with Gasteiger partial charge in [0.2, 0.25) is 5.91 Å². The van der Waals surface area contributed by atoms with Crippen LogP contribution in [0.3, 0.4) is 0 Å². The number of hydrogen-bond donors (Lipinski definition) is 2. The van der Waals surface area contributed by atoms with Gasteiger partial charge in [-0.25, -0.2) is 0 Å². The second-order valence-electron chi connectivity index (χ2n) is 6.98. The van der Waals surface area contributed by atoms with Crippen molar-refractivity contribution in [2.75, 3.05) is 11.9 Å². The smallest absolute Gasteiger partial charge is 0.238 e. The number of carbonyl (C=O) groups is 1. The van der Waals surface area contributed by atoms with Crippen LogP contribution in [-0.2, 0) is 11.2 Å². The quantitative estimate of drug-likeness (QED) is 0.634. The normalized spacial score (nSPS) is 15.5. The molecule has 0 radical (unpaired) electrons. The molecule has 142 valence electrons. The van der Waals surface area contributed by atoms with Gasteiger partial charge in [0, 0.05) is 6.04 Å².